The third-order valence-corrected chi connectivity index (χ3v) is 1.83. The second-order valence-corrected chi connectivity index (χ2v) is 2.77. The van der Waals surface area contributed by atoms with Crippen LogP contribution in [0.1, 0.15) is 5.76 Å². The lowest BCUT2D eigenvalue weighted by molar-refractivity contribution is -0.395. The summed E-state index contributed by atoms with van der Waals surface area (Å²) in [6.07, 6.45) is 2.55. The zero-order valence-electron chi connectivity index (χ0n) is 7.62. The molecule has 2 aromatic heterocycles. The smallest absolute Gasteiger partial charge is 0.441 e. The molecule has 0 aliphatic carbocycles. The van der Waals surface area contributed by atoms with Crippen LogP contribution < -0.4 is 0 Å². The topological polar surface area (TPSA) is 107 Å². The number of hydrogen-bond acceptors (Lipinski definition) is 6. The summed E-state index contributed by atoms with van der Waals surface area (Å²) in [6.45, 7) is 1.49. The number of imidazole rings is 1. The Kier molecular flexibility index (Phi) is 1.89. The Bertz CT molecular complexity index is 515. The first-order valence-corrected chi connectivity index (χ1v) is 3.94. The van der Waals surface area contributed by atoms with Crippen LogP contribution in [0.4, 0.5) is 5.95 Å². The van der Waals surface area contributed by atoms with Crippen molar-refractivity contribution in [1.82, 2.24) is 14.7 Å². The van der Waals surface area contributed by atoms with E-state index in [1.807, 2.05) is 0 Å². The van der Waals surface area contributed by atoms with E-state index in [1.165, 1.54) is 19.3 Å². The Morgan fingerprint density at radius 2 is 2.40 bits per heavy atom. The standard InChI is InChI=1S/C7H6N4O4/c1-4-5(12)6(9-15-4)10-3-2-8-7(10)11(13)14/h2-3,12H,1H3. The van der Waals surface area contributed by atoms with Gasteiger partial charge in [-0.25, -0.2) is 0 Å². The van der Waals surface area contributed by atoms with Crippen LogP contribution in [0.15, 0.2) is 16.9 Å². The van der Waals surface area contributed by atoms with Crippen LogP contribution in [0.5, 0.6) is 5.75 Å². The van der Waals surface area contributed by atoms with E-state index in [4.69, 9.17) is 0 Å². The first-order chi connectivity index (χ1) is 7.11. The fourth-order valence-electron chi connectivity index (χ4n) is 1.11. The van der Waals surface area contributed by atoms with Crippen molar-refractivity contribution in [1.29, 1.82) is 0 Å². The van der Waals surface area contributed by atoms with Crippen LogP contribution in [0.25, 0.3) is 5.82 Å². The molecule has 1 N–H and O–H groups in total. The van der Waals surface area contributed by atoms with Crippen LogP contribution in [0.3, 0.4) is 0 Å². The Labute approximate surface area is 82.9 Å². The molecule has 8 nitrogen and oxygen atoms in total. The first kappa shape index (κ1) is 9.19. The van der Waals surface area contributed by atoms with Gasteiger partial charge in [0.05, 0.1) is 0 Å². The number of hydrogen-bond donors (Lipinski definition) is 1. The summed E-state index contributed by atoms with van der Waals surface area (Å²) in [7, 11) is 0. The maximum Gasteiger partial charge on any atom is 0.441 e. The van der Waals surface area contributed by atoms with Gasteiger partial charge in [0.2, 0.25) is 5.75 Å². The minimum atomic E-state index is -0.677. The molecule has 15 heavy (non-hydrogen) atoms. The van der Waals surface area contributed by atoms with E-state index in [-0.39, 0.29) is 17.3 Å². The van der Waals surface area contributed by atoms with Crippen molar-refractivity contribution >= 4 is 5.95 Å². The Balaban J connectivity index is 2.59. The second kappa shape index (κ2) is 3.08. The predicted molar refractivity (Wildman–Crippen MR) is 46.7 cm³/mol. The van der Waals surface area contributed by atoms with E-state index in [2.05, 4.69) is 14.7 Å². The lowest BCUT2D eigenvalue weighted by atomic mass is 10.4. The third-order valence-electron chi connectivity index (χ3n) is 1.83. The molecule has 2 heterocycles. The summed E-state index contributed by atoms with van der Waals surface area (Å²) in [5, 5.41) is 23.5. The van der Waals surface area contributed by atoms with Gasteiger partial charge in [-0.1, -0.05) is 4.98 Å². The predicted octanol–water partition coefficient (Wildman–Crippen LogP) is 0.783. The molecule has 0 fully saturated rings. The molecular weight excluding hydrogens is 204 g/mol. The van der Waals surface area contributed by atoms with E-state index in [0.29, 0.717) is 0 Å². The van der Waals surface area contributed by atoms with Crippen LogP contribution in [-0.2, 0) is 0 Å². The molecule has 2 rings (SSSR count). The van der Waals surface area contributed by atoms with Gasteiger partial charge >= 0.3 is 5.95 Å². The number of nitro groups is 1. The fraction of sp³-hybridized carbons (Fsp3) is 0.143. The molecular formula is C7H6N4O4. The summed E-state index contributed by atoms with van der Waals surface area (Å²) in [6, 6.07) is 0. The minimum absolute atomic E-state index is 0.0447. The van der Waals surface area contributed by atoms with Crippen molar-refractivity contribution in [2.45, 2.75) is 6.92 Å². The summed E-state index contributed by atoms with van der Waals surface area (Å²) >= 11 is 0. The normalized spacial score (nSPS) is 10.5. The van der Waals surface area contributed by atoms with Gasteiger partial charge in [0.1, 0.15) is 12.4 Å². The highest BCUT2D eigenvalue weighted by atomic mass is 16.6. The molecule has 0 aliphatic heterocycles. The average molecular weight is 210 g/mol. The fourth-order valence-corrected chi connectivity index (χ4v) is 1.11. The molecule has 8 heteroatoms. The van der Waals surface area contributed by atoms with Gasteiger partial charge in [0.15, 0.2) is 5.76 Å². The van der Waals surface area contributed by atoms with Crippen LogP contribution in [0, 0.1) is 17.0 Å². The van der Waals surface area contributed by atoms with Crippen molar-refractivity contribution in [2.75, 3.05) is 0 Å². The Morgan fingerprint density at radius 3 is 2.93 bits per heavy atom. The summed E-state index contributed by atoms with van der Waals surface area (Å²) in [5.41, 5.74) is 0. The molecule has 0 aromatic carbocycles. The van der Waals surface area contributed by atoms with Crippen LogP contribution >= 0.6 is 0 Å². The van der Waals surface area contributed by atoms with Crippen molar-refractivity contribution < 1.29 is 14.6 Å². The van der Waals surface area contributed by atoms with E-state index in [1.54, 1.807) is 0 Å². The molecule has 78 valence electrons. The van der Waals surface area contributed by atoms with Crippen LogP contribution in [0.2, 0.25) is 0 Å². The van der Waals surface area contributed by atoms with Crippen LogP contribution in [-0.4, -0.2) is 24.7 Å². The molecule has 0 saturated carbocycles. The molecule has 0 bridgehead atoms. The lowest BCUT2D eigenvalue weighted by Gasteiger charge is -1.95. The number of nitrogens with zero attached hydrogens (tertiary/aromatic N) is 4. The van der Waals surface area contributed by atoms with Crippen molar-refractivity contribution in [3.63, 3.8) is 0 Å². The molecule has 2 aromatic rings. The van der Waals surface area contributed by atoms with E-state index < -0.39 is 10.9 Å². The maximum absolute atomic E-state index is 10.6. The highest BCUT2D eigenvalue weighted by Crippen LogP contribution is 2.27. The number of rotatable bonds is 2. The first-order valence-electron chi connectivity index (χ1n) is 3.94. The zero-order valence-corrected chi connectivity index (χ0v) is 7.62. The summed E-state index contributed by atoms with van der Waals surface area (Å²) in [5.74, 6) is -0.528. The van der Waals surface area contributed by atoms with Gasteiger partial charge in [-0.3, -0.25) is 0 Å². The number of aryl methyl sites for hydroxylation is 1. The Hall–Kier alpha value is -2.38. The molecule has 0 spiro atoms. The van der Waals surface area contributed by atoms with Crippen molar-refractivity contribution in [3.05, 3.63) is 28.3 Å². The molecule has 0 saturated heterocycles. The average Bonchev–Trinajstić information content (AvgIpc) is 2.75. The second-order valence-electron chi connectivity index (χ2n) is 2.77. The van der Waals surface area contributed by atoms with Gasteiger partial charge in [-0.15, -0.1) is 0 Å². The van der Waals surface area contributed by atoms with Crippen molar-refractivity contribution in [2.24, 2.45) is 0 Å². The van der Waals surface area contributed by atoms with E-state index >= 15 is 0 Å². The van der Waals surface area contributed by atoms with Gasteiger partial charge in [0.25, 0.3) is 5.82 Å². The van der Waals surface area contributed by atoms with Gasteiger partial charge in [0, 0.05) is 6.92 Å². The summed E-state index contributed by atoms with van der Waals surface area (Å²) < 4.78 is 5.72. The van der Waals surface area contributed by atoms with Crippen molar-refractivity contribution in [3.8, 4) is 11.6 Å². The Morgan fingerprint density at radius 1 is 1.67 bits per heavy atom. The van der Waals surface area contributed by atoms with E-state index in [0.717, 1.165) is 4.57 Å². The van der Waals surface area contributed by atoms with Gasteiger partial charge < -0.3 is 19.7 Å². The number of aromatic nitrogens is 3. The number of aromatic hydroxyl groups is 1. The quantitative estimate of drug-likeness (QED) is 0.579. The zero-order chi connectivity index (χ0) is 11.0. The highest BCUT2D eigenvalue weighted by molar-refractivity contribution is 5.43. The lowest BCUT2D eigenvalue weighted by Crippen LogP contribution is -2.00. The molecule has 0 unspecified atom stereocenters. The largest absolute Gasteiger partial charge is 0.501 e. The minimum Gasteiger partial charge on any atom is -0.501 e. The SMILES string of the molecule is Cc1onc(-n2ccnc2[N+](=O)[O-])c1O. The van der Waals surface area contributed by atoms with Gasteiger partial charge in [-0.05, 0) is 10.1 Å². The molecule has 0 atom stereocenters. The molecule has 0 amide bonds. The molecule has 0 aliphatic rings. The maximum atomic E-state index is 10.6. The van der Waals surface area contributed by atoms with Gasteiger partial charge in [-0.2, -0.15) is 4.57 Å². The summed E-state index contributed by atoms with van der Waals surface area (Å²) in [4.78, 5) is 13.4. The van der Waals surface area contributed by atoms with E-state index in [9.17, 15) is 15.2 Å². The monoisotopic (exact) mass is 210 g/mol. The third kappa shape index (κ3) is 1.31. The highest BCUT2D eigenvalue weighted by Gasteiger charge is 2.23. The molecule has 0 radical (unpaired) electrons.